The molecule has 0 aliphatic heterocycles. The fourth-order valence-corrected chi connectivity index (χ4v) is 2.81. The summed E-state index contributed by atoms with van der Waals surface area (Å²) in [6.07, 6.45) is 0. The predicted octanol–water partition coefficient (Wildman–Crippen LogP) is 10.9. The second kappa shape index (κ2) is 11.9. The van der Waals surface area contributed by atoms with Crippen LogP contribution in [0, 0.1) is 0 Å². The van der Waals surface area contributed by atoms with Crippen molar-refractivity contribution in [2.45, 2.75) is 105 Å². The van der Waals surface area contributed by atoms with E-state index in [4.69, 9.17) is 8.83 Å². The molecule has 0 aromatic carbocycles. The lowest BCUT2D eigenvalue weighted by molar-refractivity contribution is 0.327. The number of rotatable bonds is 1. The van der Waals surface area contributed by atoms with Gasteiger partial charge in [-0.15, -0.1) is 0 Å². The van der Waals surface area contributed by atoms with E-state index in [1.165, 1.54) is 11.1 Å². The minimum Gasteiger partial charge on any atom is -0.418 e. The second-order valence-corrected chi connectivity index (χ2v) is 13.1. The van der Waals surface area contributed by atoms with E-state index in [0.717, 1.165) is 23.0 Å². The molecule has 2 aromatic rings. The van der Waals surface area contributed by atoms with Crippen LogP contribution in [0.1, 0.15) is 106 Å². The summed E-state index contributed by atoms with van der Waals surface area (Å²) in [5.41, 5.74) is 2.13. The summed E-state index contributed by atoms with van der Waals surface area (Å²) in [6.45, 7) is 26.4. The van der Waals surface area contributed by atoms with Gasteiger partial charge in [0, 0.05) is 35.4 Å². The molecule has 0 amide bonds. The lowest BCUT2D eigenvalue weighted by atomic mass is 9.85. The van der Waals surface area contributed by atoms with Crippen LogP contribution in [0.5, 0.6) is 0 Å². The molecule has 2 rings (SSSR count). The van der Waals surface area contributed by atoms with E-state index < -0.39 is 14.5 Å². The number of hydrogen-bond donors (Lipinski definition) is 0. The van der Waals surface area contributed by atoms with E-state index in [1.807, 2.05) is 0 Å². The first-order valence-corrected chi connectivity index (χ1v) is 12.1. The Labute approximate surface area is 221 Å². The van der Waals surface area contributed by atoms with Gasteiger partial charge in [-0.1, -0.05) is 0 Å². The first-order chi connectivity index (χ1) is 16.4. The molecule has 0 N–H and O–H groups in total. The molecular formula is C26H40B2F8O2. The van der Waals surface area contributed by atoms with Gasteiger partial charge in [0.25, 0.3) is 0 Å². The Morgan fingerprint density at radius 2 is 0.526 bits per heavy atom. The van der Waals surface area contributed by atoms with Gasteiger partial charge in [-0.2, -0.15) is 0 Å². The standard InChI is InChI=1S/C26H40O2.2BF4/c1-23(2,3)19-13-17(14-20(27-19)24(4,5)6)18-15-21(25(7,8)9)28-22(16-18)26(10,11)12;2*2-1(3,4)5/h13-16H,1-12H3;;/q+2;2*-1. The zero-order chi connectivity index (χ0) is 30.7. The summed E-state index contributed by atoms with van der Waals surface area (Å²) >= 11 is 0. The highest BCUT2D eigenvalue weighted by Gasteiger charge is 2.37. The smallest absolute Gasteiger partial charge is 0.418 e. The van der Waals surface area contributed by atoms with E-state index in [0.29, 0.717) is 0 Å². The lowest BCUT2D eigenvalue weighted by Gasteiger charge is -2.17. The van der Waals surface area contributed by atoms with Crippen LogP contribution < -0.4 is 0 Å². The molecule has 2 aromatic heterocycles. The van der Waals surface area contributed by atoms with Gasteiger partial charge in [0.2, 0.25) is 0 Å². The van der Waals surface area contributed by atoms with E-state index in [2.05, 4.69) is 107 Å². The maximum absolute atomic E-state index is 9.75. The van der Waals surface area contributed by atoms with Gasteiger partial charge in [-0.25, -0.2) is 8.83 Å². The molecule has 0 spiro atoms. The summed E-state index contributed by atoms with van der Waals surface area (Å²) in [6, 6.07) is 8.79. The molecule has 218 valence electrons. The van der Waals surface area contributed by atoms with Crippen molar-refractivity contribution in [1.82, 2.24) is 0 Å². The van der Waals surface area contributed by atoms with Gasteiger partial charge in [-0.05, 0) is 83.1 Å². The van der Waals surface area contributed by atoms with E-state index in [9.17, 15) is 34.5 Å². The van der Waals surface area contributed by atoms with Gasteiger partial charge < -0.3 is 34.5 Å². The van der Waals surface area contributed by atoms with Crippen molar-refractivity contribution in [3.05, 3.63) is 47.3 Å². The molecule has 0 fully saturated rings. The third-order valence-corrected chi connectivity index (χ3v) is 4.88. The average molecular weight is 558 g/mol. The summed E-state index contributed by atoms with van der Waals surface area (Å²) < 4.78 is 90.7. The van der Waals surface area contributed by atoms with Crippen molar-refractivity contribution in [2.75, 3.05) is 0 Å². The number of halogens is 8. The van der Waals surface area contributed by atoms with Gasteiger partial charge in [0.05, 0.1) is 21.7 Å². The van der Waals surface area contributed by atoms with Crippen LogP contribution in [0.15, 0.2) is 33.1 Å². The van der Waals surface area contributed by atoms with Crippen LogP contribution in [0.25, 0.3) is 11.1 Å². The summed E-state index contributed by atoms with van der Waals surface area (Å²) in [7, 11) is -12.0. The van der Waals surface area contributed by atoms with Crippen molar-refractivity contribution in [1.29, 1.82) is 0 Å². The molecule has 38 heavy (non-hydrogen) atoms. The van der Waals surface area contributed by atoms with Crippen molar-refractivity contribution >= 4 is 14.5 Å². The maximum atomic E-state index is 9.75. The monoisotopic (exact) mass is 558 g/mol. The van der Waals surface area contributed by atoms with Crippen molar-refractivity contribution < 1.29 is 43.4 Å². The van der Waals surface area contributed by atoms with Gasteiger partial charge >= 0.3 is 37.5 Å². The minimum absolute atomic E-state index is 0.0606. The van der Waals surface area contributed by atoms with Gasteiger partial charge in [0.1, 0.15) is 0 Å². The topological polar surface area (TPSA) is 22.6 Å². The van der Waals surface area contributed by atoms with Crippen LogP contribution in [-0.4, -0.2) is 14.5 Å². The van der Waals surface area contributed by atoms with E-state index in [-0.39, 0.29) is 21.7 Å². The zero-order valence-corrected chi connectivity index (χ0v) is 24.3. The molecule has 0 unspecified atom stereocenters. The molecular weight excluding hydrogens is 518 g/mol. The Morgan fingerprint density at radius 3 is 0.632 bits per heavy atom. The van der Waals surface area contributed by atoms with Crippen LogP contribution in [0.4, 0.5) is 34.5 Å². The fraction of sp³-hybridized carbons (Fsp3) is 0.615. The highest BCUT2D eigenvalue weighted by Crippen LogP contribution is 2.37. The van der Waals surface area contributed by atoms with E-state index in [1.54, 1.807) is 0 Å². The van der Waals surface area contributed by atoms with Gasteiger partial charge in [-0.3, -0.25) is 0 Å². The third kappa shape index (κ3) is 14.7. The van der Waals surface area contributed by atoms with Crippen molar-refractivity contribution in [3.63, 3.8) is 0 Å². The molecule has 2 heterocycles. The Balaban J connectivity index is 0.00000116. The molecule has 0 radical (unpaired) electrons. The Bertz CT molecular complexity index is 892. The normalized spacial score (nSPS) is 13.3. The molecule has 0 saturated carbocycles. The number of hydrogen-bond acceptors (Lipinski definition) is 0. The first kappa shape index (κ1) is 35.9. The van der Waals surface area contributed by atoms with Crippen LogP contribution in [0.3, 0.4) is 0 Å². The summed E-state index contributed by atoms with van der Waals surface area (Å²) in [5.74, 6) is 4.02. The fourth-order valence-electron chi connectivity index (χ4n) is 2.81. The molecule has 0 aliphatic rings. The molecule has 2 nitrogen and oxygen atoms in total. The largest absolute Gasteiger partial charge is 0.673 e. The summed E-state index contributed by atoms with van der Waals surface area (Å²) in [4.78, 5) is 0. The molecule has 0 bridgehead atoms. The van der Waals surface area contributed by atoms with Crippen molar-refractivity contribution in [2.24, 2.45) is 0 Å². The zero-order valence-electron chi connectivity index (χ0n) is 24.3. The maximum Gasteiger partial charge on any atom is 0.673 e. The molecule has 12 heteroatoms. The minimum atomic E-state index is -6.00. The quantitative estimate of drug-likeness (QED) is 0.198. The lowest BCUT2D eigenvalue weighted by Crippen LogP contribution is -2.18. The Kier molecular flexibility index (Phi) is 11.3. The summed E-state index contributed by atoms with van der Waals surface area (Å²) in [5, 5.41) is 0. The average Bonchev–Trinajstić information content (AvgIpc) is 2.62. The van der Waals surface area contributed by atoms with Crippen LogP contribution in [-0.2, 0) is 21.7 Å². The first-order valence-electron chi connectivity index (χ1n) is 12.1. The molecule has 0 aliphatic carbocycles. The predicted molar refractivity (Wildman–Crippen MR) is 140 cm³/mol. The Morgan fingerprint density at radius 1 is 0.395 bits per heavy atom. The van der Waals surface area contributed by atoms with Gasteiger partial charge in [0.15, 0.2) is 0 Å². The Hall–Kier alpha value is -2.13. The second-order valence-electron chi connectivity index (χ2n) is 13.1. The highest BCUT2D eigenvalue weighted by molar-refractivity contribution is 6.50. The van der Waals surface area contributed by atoms with E-state index >= 15 is 0 Å². The highest BCUT2D eigenvalue weighted by atomic mass is 19.5. The van der Waals surface area contributed by atoms with Crippen LogP contribution in [0.2, 0.25) is 0 Å². The third-order valence-electron chi connectivity index (χ3n) is 4.88. The molecule has 0 atom stereocenters. The SMILES string of the molecule is CC(C)(C)c1cc(-c2cc(C(C)(C)C)[o+]c(C(C)(C)C)c2)cc(C(C)(C)C)[o+]1.F[B-](F)(F)F.F[B-](F)(F)F. The van der Waals surface area contributed by atoms with Crippen LogP contribution >= 0.6 is 0 Å². The molecule has 0 saturated heterocycles. The van der Waals surface area contributed by atoms with Crippen molar-refractivity contribution in [3.8, 4) is 11.1 Å².